The van der Waals surface area contributed by atoms with Gasteiger partial charge in [0.2, 0.25) is 0 Å². The number of carbonyl (C=O) groups is 1. The molecule has 0 saturated heterocycles. The van der Waals surface area contributed by atoms with Gasteiger partial charge in [-0.2, -0.15) is 8.42 Å². The van der Waals surface area contributed by atoms with Crippen molar-refractivity contribution in [2.24, 2.45) is 0 Å². The molecular formula is C20H24N4NaO4S. The van der Waals surface area contributed by atoms with E-state index in [0.717, 1.165) is 67.7 Å². The molecular weight excluding hydrogens is 415 g/mol. The Morgan fingerprint density at radius 2 is 1.70 bits per heavy atom. The van der Waals surface area contributed by atoms with Crippen LogP contribution in [0.4, 0.5) is 10.5 Å². The molecule has 0 saturated carbocycles. The molecule has 155 valence electrons. The number of nitrogens with one attached hydrogen (secondary N) is 2. The van der Waals surface area contributed by atoms with Crippen LogP contribution in [0, 0.1) is 0 Å². The summed E-state index contributed by atoms with van der Waals surface area (Å²) in [5.41, 5.74) is 5.08. The van der Waals surface area contributed by atoms with Crippen molar-refractivity contribution >= 4 is 51.3 Å². The molecule has 2 aromatic rings. The van der Waals surface area contributed by atoms with E-state index in [9.17, 15) is 18.0 Å². The molecule has 2 aliphatic carbocycles. The predicted octanol–water partition coefficient (Wildman–Crippen LogP) is 1.93. The van der Waals surface area contributed by atoms with E-state index in [2.05, 4.69) is 16.4 Å². The topological polar surface area (TPSA) is 110 Å². The van der Waals surface area contributed by atoms with Crippen molar-refractivity contribution in [3.63, 3.8) is 0 Å². The summed E-state index contributed by atoms with van der Waals surface area (Å²) in [6.07, 6.45) is 7.90. The van der Waals surface area contributed by atoms with Crippen LogP contribution in [0.25, 0.3) is 0 Å². The second kappa shape index (κ2) is 8.82. The van der Waals surface area contributed by atoms with Crippen molar-refractivity contribution in [3.8, 4) is 0 Å². The van der Waals surface area contributed by atoms with E-state index in [1.54, 1.807) is 13.8 Å². The van der Waals surface area contributed by atoms with Crippen LogP contribution in [-0.2, 0) is 35.7 Å². The zero-order chi connectivity index (χ0) is 20.8. The Hall–Kier alpha value is -1.68. The second-order valence-electron chi connectivity index (χ2n) is 7.86. The molecule has 4 rings (SSSR count). The molecule has 0 atom stereocenters. The molecule has 10 heteroatoms. The van der Waals surface area contributed by atoms with Gasteiger partial charge < -0.3 is 9.88 Å². The summed E-state index contributed by atoms with van der Waals surface area (Å²) in [6, 6.07) is 1.19. The number of aromatic nitrogens is 2. The molecule has 1 radical (unpaired) electrons. The summed E-state index contributed by atoms with van der Waals surface area (Å²) in [5.74, 6) is 0. The van der Waals surface area contributed by atoms with Crippen LogP contribution in [0.3, 0.4) is 0 Å². The zero-order valence-electron chi connectivity index (χ0n) is 17.5. The summed E-state index contributed by atoms with van der Waals surface area (Å²) >= 11 is 0. The number of carbonyl (C=O) groups excluding carboxylic acids is 1. The molecule has 0 unspecified atom stereocenters. The van der Waals surface area contributed by atoms with Gasteiger partial charge >= 0.3 is 6.03 Å². The molecule has 0 spiro atoms. The number of sulfonamides is 1. The van der Waals surface area contributed by atoms with Crippen molar-refractivity contribution in [3.05, 3.63) is 51.1 Å². The van der Waals surface area contributed by atoms with E-state index in [4.69, 9.17) is 0 Å². The van der Waals surface area contributed by atoms with E-state index >= 15 is 0 Å². The standard InChI is InChI=1S/C20H24N4O4S.Na/c1-12(2)24-11-17(21-10-18(24)25)29(27,28)23-20(26)22-19-15-7-3-5-13(15)9-14-6-4-8-16(14)19;/h9-12H,3-8H2,1-2H3,(H2,22,23,26);. The molecule has 30 heavy (non-hydrogen) atoms. The summed E-state index contributed by atoms with van der Waals surface area (Å²) < 4.78 is 28.6. The van der Waals surface area contributed by atoms with Crippen molar-refractivity contribution < 1.29 is 13.2 Å². The fourth-order valence-corrected chi connectivity index (χ4v) is 5.07. The number of rotatable bonds is 4. The molecule has 0 fully saturated rings. The van der Waals surface area contributed by atoms with Crippen molar-refractivity contribution in [1.82, 2.24) is 14.3 Å². The molecule has 0 bridgehead atoms. The van der Waals surface area contributed by atoms with Crippen molar-refractivity contribution in [2.45, 2.75) is 63.4 Å². The Kier molecular flexibility index (Phi) is 6.76. The number of urea groups is 1. The smallest absolute Gasteiger partial charge is 0.309 e. The molecule has 2 amide bonds. The van der Waals surface area contributed by atoms with Gasteiger partial charge in [-0.05, 0) is 74.6 Å². The molecule has 8 nitrogen and oxygen atoms in total. The van der Waals surface area contributed by atoms with E-state index < -0.39 is 21.6 Å². The van der Waals surface area contributed by atoms with Crippen LogP contribution in [0.2, 0.25) is 0 Å². The van der Waals surface area contributed by atoms with Crippen molar-refractivity contribution in [2.75, 3.05) is 5.32 Å². The predicted molar refractivity (Wildman–Crippen MR) is 114 cm³/mol. The summed E-state index contributed by atoms with van der Waals surface area (Å²) in [6.45, 7) is 3.52. The number of anilines is 1. The third-order valence-electron chi connectivity index (χ3n) is 5.58. The summed E-state index contributed by atoms with van der Waals surface area (Å²) in [7, 11) is -4.21. The maximum atomic E-state index is 12.6. The Labute approximate surface area is 197 Å². The first-order valence-corrected chi connectivity index (χ1v) is 11.3. The molecule has 1 aromatic carbocycles. The number of aryl methyl sites for hydroxylation is 2. The number of hydrogen-bond acceptors (Lipinski definition) is 5. The number of amides is 2. The van der Waals surface area contributed by atoms with Crippen LogP contribution >= 0.6 is 0 Å². The fourth-order valence-electron chi connectivity index (χ4n) is 4.22. The van der Waals surface area contributed by atoms with Gasteiger partial charge in [0.05, 0.1) is 6.20 Å². The van der Waals surface area contributed by atoms with E-state index in [1.807, 2.05) is 4.72 Å². The Morgan fingerprint density at radius 3 is 2.27 bits per heavy atom. The number of benzene rings is 1. The third-order valence-corrected chi connectivity index (χ3v) is 6.79. The van der Waals surface area contributed by atoms with Crippen LogP contribution in [0.1, 0.15) is 55.0 Å². The number of fused-ring (bicyclic) bond motifs is 2. The van der Waals surface area contributed by atoms with Gasteiger partial charge in [-0.25, -0.2) is 14.5 Å². The van der Waals surface area contributed by atoms with Gasteiger partial charge in [0.15, 0.2) is 5.03 Å². The van der Waals surface area contributed by atoms with Crippen molar-refractivity contribution in [1.29, 1.82) is 0 Å². The van der Waals surface area contributed by atoms with E-state index in [0.29, 0.717) is 0 Å². The molecule has 2 aliphatic rings. The first kappa shape index (κ1) is 23.0. The van der Waals surface area contributed by atoms with Gasteiger partial charge in [0.1, 0.15) is 0 Å². The maximum absolute atomic E-state index is 12.6. The van der Waals surface area contributed by atoms with E-state index in [1.165, 1.54) is 15.7 Å². The van der Waals surface area contributed by atoms with Crippen LogP contribution in [0.15, 0.2) is 28.3 Å². The SMILES string of the molecule is CC(C)n1cc(S(=O)(=O)NC(=O)Nc2c3c(cc4c2CCC4)CCC3)ncc1=O.[Na]. The summed E-state index contributed by atoms with van der Waals surface area (Å²) in [4.78, 5) is 28.1. The first-order chi connectivity index (χ1) is 13.8. The van der Waals surface area contributed by atoms with Gasteiger partial charge in [-0.1, -0.05) is 6.07 Å². The molecule has 1 heterocycles. The Bertz CT molecular complexity index is 1130. The number of nitrogens with zero attached hydrogens (tertiary/aromatic N) is 2. The first-order valence-electron chi connectivity index (χ1n) is 9.85. The Balaban J connectivity index is 0.00000256. The van der Waals surface area contributed by atoms with Crippen LogP contribution in [-0.4, -0.2) is 53.6 Å². The fraction of sp³-hybridized carbons (Fsp3) is 0.450. The van der Waals surface area contributed by atoms with Crippen LogP contribution in [0.5, 0.6) is 0 Å². The summed E-state index contributed by atoms with van der Waals surface area (Å²) in [5, 5.41) is 2.42. The normalized spacial score (nSPS) is 14.8. The molecule has 2 N–H and O–H groups in total. The van der Waals surface area contributed by atoms with Gasteiger partial charge in [0, 0.05) is 47.5 Å². The van der Waals surface area contributed by atoms with Gasteiger partial charge in [-0.3, -0.25) is 4.79 Å². The minimum absolute atomic E-state index is 0. The minimum atomic E-state index is -4.21. The molecule has 0 aliphatic heterocycles. The van der Waals surface area contributed by atoms with Gasteiger partial charge in [-0.15, -0.1) is 0 Å². The minimum Gasteiger partial charge on any atom is -0.309 e. The third kappa shape index (κ3) is 4.34. The van der Waals surface area contributed by atoms with E-state index in [-0.39, 0.29) is 40.6 Å². The average molecular weight is 439 g/mol. The van der Waals surface area contributed by atoms with Gasteiger partial charge in [0.25, 0.3) is 15.6 Å². The monoisotopic (exact) mass is 439 g/mol. The average Bonchev–Trinajstić information content (AvgIpc) is 3.30. The van der Waals surface area contributed by atoms with Crippen LogP contribution < -0.4 is 15.6 Å². The number of hydrogen-bond donors (Lipinski definition) is 2. The largest absolute Gasteiger partial charge is 0.333 e. The zero-order valence-corrected chi connectivity index (χ0v) is 20.3. The Morgan fingerprint density at radius 1 is 1.10 bits per heavy atom. The molecule has 1 aromatic heterocycles. The quantitative estimate of drug-likeness (QED) is 0.708. The maximum Gasteiger partial charge on any atom is 0.333 e. The second-order valence-corrected chi connectivity index (χ2v) is 9.49.